The van der Waals surface area contributed by atoms with Crippen molar-refractivity contribution in [3.05, 3.63) is 59.2 Å². The molecule has 3 unspecified atom stereocenters. The maximum absolute atomic E-state index is 13.7. The number of benzene rings is 2. The van der Waals surface area contributed by atoms with Crippen molar-refractivity contribution in [1.29, 1.82) is 0 Å². The van der Waals surface area contributed by atoms with Gasteiger partial charge in [-0.2, -0.15) is 4.31 Å². The molecule has 0 aromatic heterocycles. The van der Waals surface area contributed by atoms with Gasteiger partial charge in [0, 0.05) is 18.2 Å². The molecule has 2 aromatic carbocycles. The standard InChI is InChI=1S/C24H28N2O5S/c1-30-18-13-17-11-12-25-23(22(17)21(14-18)31-2)19-9-6-10-20(24(25)27)26(19)32(28,29)15-16-7-4-3-5-8-16/h3-5,7-8,13-14,19-20,23H,6,9-12,15H2,1-2H3. The van der Waals surface area contributed by atoms with Gasteiger partial charge in [0.25, 0.3) is 0 Å². The number of carbonyl (C=O) groups is 1. The van der Waals surface area contributed by atoms with E-state index in [4.69, 9.17) is 9.47 Å². The molecule has 0 aliphatic carbocycles. The van der Waals surface area contributed by atoms with Crippen LogP contribution in [0.15, 0.2) is 42.5 Å². The van der Waals surface area contributed by atoms with Crippen LogP contribution in [0.1, 0.15) is 42.0 Å². The van der Waals surface area contributed by atoms with Crippen molar-refractivity contribution in [2.75, 3.05) is 20.8 Å². The molecule has 0 saturated carbocycles. The Kier molecular flexibility index (Phi) is 5.37. The second-order valence-electron chi connectivity index (χ2n) is 8.71. The van der Waals surface area contributed by atoms with Crippen LogP contribution in [0.2, 0.25) is 0 Å². The first-order valence-corrected chi connectivity index (χ1v) is 12.7. The number of piperazine rings is 1. The summed E-state index contributed by atoms with van der Waals surface area (Å²) in [4.78, 5) is 15.5. The fourth-order valence-electron chi connectivity index (χ4n) is 5.66. The van der Waals surface area contributed by atoms with Crippen LogP contribution in [0.3, 0.4) is 0 Å². The Labute approximate surface area is 189 Å². The molecule has 3 aliphatic heterocycles. The smallest absolute Gasteiger partial charge is 0.241 e. The summed E-state index contributed by atoms with van der Waals surface area (Å²) in [5.41, 5.74) is 2.70. The monoisotopic (exact) mass is 456 g/mol. The lowest BCUT2D eigenvalue weighted by Gasteiger charge is -2.54. The number of methoxy groups -OCH3 is 2. The Hall–Kier alpha value is -2.58. The summed E-state index contributed by atoms with van der Waals surface area (Å²) >= 11 is 0. The third kappa shape index (κ3) is 3.36. The van der Waals surface area contributed by atoms with Crippen molar-refractivity contribution in [2.24, 2.45) is 0 Å². The maximum Gasteiger partial charge on any atom is 0.241 e. The summed E-state index contributed by atoms with van der Waals surface area (Å²) < 4.78 is 40.0. The zero-order valence-electron chi connectivity index (χ0n) is 18.4. The van der Waals surface area contributed by atoms with E-state index in [1.807, 2.05) is 47.4 Å². The van der Waals surface area contributed by atoms with Gasteiger partial charge < -0.3 is 14.4 Å². The Balaban J connectivity index is 1.61. The number of hydrogen-bond acceptors (Lipinski definition) is 5. The fourth-order valence-corrected chi connectivity index (χ4v) is 7.63. The topological polar surface area (TPSA) is 76.2 Å². The molecular formula is C24H28N2O5S. The average Bonchev–Trinajstić information content (AvgIpc) is 2.81. The lowest BCUT2D eigenvalue weighted by Crippen LogP contribution is -2.67. The van der Waals surface area contributed by atoms with Gasteiger partial charge in [-0.1, -0.05) is 30.3 Å². The second kappa shape index (κ2) is 8.08. The van der Waals surface area contributed by atoms with Gasteiger partial charge in [0.05, 0.1) is 32.1 Å². The molecule has 5 rings (SSSR count). The molecule has 2 fully saturated rings. The van der Waals surface area contributed by atoms with E-state index in [2.05, 4.69) is 0 Å². The van der Waals surface area contributed by atoms with Crippen LogP contribution in [0, 0.1) is 0 Å². The highest BCUT2D eigenvalue weighted by Crippen LogP contribution is 2.49. The normalized spacial score (nSPS) is 25.1. The highest BCUT2D eigenvalue weighted by molar-refractivity contribution is 7.88. The van der Waals surface area contributed by atoms with Crippen molar-refractivity contribution in [3.63, 3.8) is 0 Å². The van der Waals surface area contributed by atoms with Gasteiger partial charge in [-0.15, -0.1) is 0 Å². The first-order valence-electron chi connectivity index (χ1n) is 11.0. The molecule has 3 heterocycles. The van der Waals surface area contributed by atoms with Crippen molar-refractivity contribution < 1.29 is 22.7 Å². The highest BCUT2D eigenvalue weighted by Gasteiger charge is 2.55. The molecule has 1 amide bonds. The van der Waals surface area contributed by atoms with Crippen LogP contribution in [-0.2, 0) is 27.0 Å². The molecule has 2 bridgehead atoms. The molecule has 2 aromatic rings. The first kappa shape index (κ1) is 21.3. The van der Waals surface area contributed by atoms with Gasteiger partial charge in [-0.3, -0.25) is 4.79 Å². The number of sulfonamides is 1. The van der Waals surface area contributed by atoms with Gasteiger partial charge in [-0.25, -0.2) is 8.42 Å². The lowest BCUT2D eigenvalue weighted by atomic mass is 9.79. The summed E-state index contributed by atoms with van der Waals surface area (Å²) in [7, 11) is -0.475. The van der Waals surface area contributed by atoms with Crippen molar-refractivity contribution >= 4 is 15.9 Å². The fraction of sp³-hybridized carbons (Fsp3) is 0.458. The number of amides is 1. The minimum absolute atomic E-state index is 0.0916. The number of nitrogens with zero attached hydrogens (tertiary/aromatic N) is 2. The molecular weight excluding hydrogens is 428 g/mol. The van der Waals surface area contributed by atoms with Crippen LogP contribution in [0.4, 0.5) is 0 Å². The van der Waals surface area contributed by atoms with E-state index in [-0.39, 0.29) is 23.7 Å². The van der Waals surface area contributed by atoms with Crippen molar-refractivity contribution in [2.45, 2.75) is 49.6 Å². The molecule has 3 atom stereocenters. The average molecular weight is 457 g/mol. The van der Waals surface area contributed by atoms with Crippen molar-refractivity contribution in [3.8, 4) is 11.5 Å². The summed E-state index contributed by atoms with van der Waals surface area (Å²) in [6, 6.07) is 11.7. The highest BCUT2D eigenvalue weighted by atomic mass is 32.2. The molecule has 170 valence electrons. The first-order chi connectivity index (χ1) is 15.4. The predicted molar refractivity (Wildman–Crippen MR) is 120 cm³/mol. The maximum atomic E-state index is 13.7. The van der Waals surface area contributed by atoms with Crippen LogP contribution in [0.25, 0.3) is 0 Å². The number of ether oxygens (including phenoxy) is 2. The third-order valence-corrected chi connectivity index (χ3v) is 8.83. The van der Waals surface area contributed by atoms with Crippen molar-refractivity contribution in [1.82, 2.24) is 9.21 Å². The Morgan fingerprint density at radius 3 is 2.56 bits per heavy atom. The quantitative estimate of drug-likeness (QED) is 0.692. The van der Waals surface area contributed by atoms with Crippen LogP contribution in [-0.4, -0.2) is 56.4 Å². The zero-order valence-corrected chi connectivity index (χ0v) is 19.2. The van der Waals surface area contributed by atoms with E-state index >= 15 is 0 Å². The number of rotatable bonds is 5. The lowest BCUT2D eigenvalue weighted by molar-refractivity contribution is -0.150. The van der Waals surface area contributed by atoms with Crippen LogP contribution >= 0.6 is 0 Å². The Morgan fingerprint density at radius 1 is 1.06 bits per heavy atom. The van der Waals surface area contributed by atoms with Crippen LogP contribution < -0.4 is 9.47 Å². The van der Waals surface area contributed by atoms with E-state index in [0.29, 0.717) is 37.3 Å². The minimum Gasteiger partial charge on any atom is -0.497 e. The molecule has 7 nitrogen and oxygen atoms in total. The van der Waals surface area contributed by atoms with E-state index in [1.165, 1.54) is 4.31 Å². The molecule has 2 saturated heterocycles. The van der Waals surface area contributed by atoms with E-state index in [9.17, 15) is 13.2 Å². The number of carbonyl (C=O) groups excluding carboxylic acids is 1. The summed E-state index contributed by atoms with van der Waals surface area (Å²) in [5.74, 6) is 1.15. The number of hydrogen-bond donors (Lipinski definition) is 0. The van der Waals surface area contributed by atoms with Gasteiger partial charge in [0.2, 0.25) is 15.9 Å². The molecule has 0 N–H and O–H groups in total. The van der Waals surface area contributed by atoms with E-state index in [1.54, 1.807) is 14.2 Å². The van der Waals surface area contributed by atoms with Gasteiger partial charge in [0.1, 0.15) is 17.5 Å². The van der Waals surface area contributed by atoms with Gasteiger partial charge in [0.15, 0.2) is 0 Å². The third-order valence-electron chi connectivity index (χ3n) is 6.97. The molecule has 8 heteroatoms. The molecule has 0 radical (unpaired) electrons. The Morgan fingerprint density at radius 2 is 1.84 bits per heavy atom. The summed E-state index contributed by atoms with van der Waals surface area (Å²) in [5, 5.41) is 0. The van der Waals surface area contributed by atoms with Gasteiger partial charge in [-0.05, 0) is 42.9 Å². The summed E-state index contributed by atoms with van der Waals surface area (Å²) in [6.45, 7) is 0.576. The number of piperidine rings is 1. The second-order valence-corrected chi connectivity index (χ2v) is 10.6. The molecule has 0 spiro atoms. The number of fused-ring (bicyclic) bond motifs is 6. The Bertz CT molecular complexity index is 1120. The molecule has 3 aliphatic rings. The van der Waals surface area contributed by atoms with Gasteiger partial charge >= 0.3 is 0 Å². The van der Waals surface area contributed by atoms with E-state index in [0.717, 1.165) is 23.1 Å². The SMILES string of the molecule is COc1cc2c(c(OC)c1)C1C3CCCC(C(=O)N1CC2)N3S(=O)(=O)Cc1ccccc1. The van der Waals surface area contributed by atoms with Crippen LogP contribution in [0.5, 0.6) is 11.5 Å². The largest absolute Gasteiger partial charge is 0.497 e. The molecule has 32 heavy (non-hydrogen) atoms. The summed E-state index contributed by atoms with van der Waals surface area (Å²) in [6.07, 6.45) is 2.81. The minimum atomic E-state index is -3.69. The zero-order chi connectivity index (χ0) is 22.5. The predicted octanol–water partition coefficient (Wildman–Crippen LogP) is 2.90. The van der Waals surface area contributed by atoms with E-state index < -0.39 is 16.1 Å².